The van der Waals surface area contributed by atoms with Crippen molar-refractivity contribution in [1.29, 1.82) is 0 Å². The molecular weight excluding hydrogens is 298 g/mol. The van der Waals surface area contributed by atoms with Crippen molar-refractivity contribution in [3.8, 4) is 0 Å². The van der Waals surface area contributed by atoms with Crippen LogP contribution in [0.15, 0.2) is 28.8 Å². The lowest BCUT2D eigenvalue weighted by Gasteiger charge is -2.20. The van der Waals surface area contributed by atoms with Crippen LogP contribution in [0.3, 0.4) is 0 Å². The van der Waals surface area contributed by atoms with Crippen molar-refractivity contribution >= 4 is 12.4 Å². The quantitative estimate of drug-likeness (QED) is 0.883. The molecule has 2 rings (SSSR count). The molecule has 122 valence electrons. The highest BCUT2D eigenvalue weighted by Gasteiger charge is 2.29. The number of nitrogens with zero attached hydrogens (tertiary/aromatic N) is 2. The lowest BCUT2D eigenvalue weighted by Crippen LogP contribution is -2.24. The average Bonchev–Trinajstić information content (AvgIpc) is 2.96. The van der Waals surface area contributed by atoms with E-state index in [4.69, 9.17) is 4.52 Å². The Kier molecular flexibility index (Phi) is 6.57. The molecule has 0 spiro atoms. The summed E-state index contributed by atoms with van der Waals surface area (Å²) in [5.74, 6) is 1.43. The number of aromatic nitrogens is 2. The van der Waals surface area contributed by atoms with Crippen molar-refractivity contribution in [2.75, 3.05) is 7.05 Å². The molecule has 0 fully saturated rings. The first-order chi connectivity index (χ1) is 9.97. The molecule has 0 aliphatic heterocycles. The summed E-state index contributed by atoms with van der Waals surface area (Å²) >= 11 is 0. The van der Waals surface area contributed by atoms with E-state index in [0.717, 1.165) is 18.7 Å². The fraction of sp³-hybridized carbons (Fsp3) is 0.529. The molecule has 0 bridgehead atoms. The van der Waals surface area contributed by atoms with Gasteiger partial charge in [0.25, 0.3) is 0 Å². The molecule has 1 atom stereocenters. The van der Waals surface area contributed by atoms with Gasteiger partial charge in [0, 0.05) is 12.5 Å². The Hall–Kier alpha value is -1.39. The first-order valence-corrected chi connectivity index (χ1v) is 7.57. The fourth-order valence-corrected chi connectivity index (χ4v) is 2.25. The van der Waals surface area contributed by atoms with Crippen LogP contribution < -0.4 is 5.32 Å². The van der Waals surface area contributed by atoms with E-state index >= 15 is 0 Å². The van der Waals surface area contributed by atoms with E-state index in [2.05, 4.69) is 67.4 Å². The van der Waals surface area contributed by atoms with Crippen LogP contribution in [0.2, 0.25) is 0 Å². The van der Waals surface area contributed by atoms with Gasteiger partial charge >= 0.3 is 0 Å². The topological polar surface area (TPSA) is 51.0 Å². The molecule has 0 radical (unpaired) electrons. The zero-order chi connectivity index (χ0) is 15.5. The number of nitrogens with one attached hydrogen (secondary N) is 1. The molecule has 0 aliphatic carbocycles. The number of aryl methyl sites for hydroxylation is 1. The van der Waals surface area contributed by atoms with Crippen LogP contribution in [0.4, 0.5) is 0 Å². The molecule has 1 aromatic heterocycles. The molecule has 2 aromatic rings. The van der Waals surface area contributed by atoms with E-state index in [9.17, 15) is 0 Å². The Bertz CT molecular complexity index is 578. The van der Waals surface area contributed by atoms with Crippen LogP contribution in [0.5, 0.6) is 0 Å². The van der Waals surface area contributed by atoms with E-state index in [1.54, 1.807) is 0 Å². The summed E-state index contributed by atoms with van der Waals surface area (Å²) in [4.78, 5) is 4.57. The SMILES string of the molecule is CCc1ccc(C(C)(C)c2nc(CC(C)NC)no2)cc1.Cl. The van der Waals surface area contributed by atoms with Crippen molar-refractivity contribution in [2.45, 2.75) is 52.0 Å². The van der Waals surface area contributed by atoms with Gasteiger partial charge in [0.2, 0.25) is 5.89 Å². The zero-order valence-electron chi connectivity index (χ0n) is 14.0. The molecule has 0 saturated carbocycles. The summed E-state index contributed by atoms with van der Waals surface area (Å²) in [6, 6.07) is 8.97. The van der Waals surface area contributed by atoms with Crippen molar-refractivity contribution in [2.24, 2.45) is 0 Å². The van der Waals surface area contributed by atoms with Crippen LogP contribution in [0, 0.1) is 0 Å². The van der Waals surface area contributed by atoms with E-state index in [0.29, 0.717) is 11.9 Å². The van der Waals surface area contributed by atoms with Crippen molar-refractivity contribution in [3.63, 3.8) is 0 Å². The third kappa shape index (κ3) is 4.08. The number of likely N-dealkylation sites (N-methyl/N-ethyl adjacent to an activating group) is 1. The summed E-state index contributed by atoms with van der Waals surface area (Å²) in [7, 11) is 1.94. The molecular formula is C17H26ClN3O. The highest BCUT2D eigenvalue weighted by atomic mass is 35.5. The fourth-order valence-electron chi connectivity index (χ4n) is 2.25. The molecule has 1 heterocycles. The van der Waals surface area contributed by atoms with Gasteiger partial charge < -0.3 is 9.84 Å². The number of rotatable bonds is 6. The Morgan fingerprint density at radius 1 is 1.23 bits per heavy atom. The largest absolute Gasteiger partial charge is 0.338 e. The molecule has 0 aliphatic rings. The Balaban J connectivity index is 0.00000242. The van der Waals surface area contributed by atoms with Gasteiger partial charge in [0.1, 0.15) is 0 Å². The highest BCUT2D eigenvalue weighted by Crippen LogP contribution is 2.30. The lowest BCUT2D eigenvalue weighted by atomic mass is 9.84. The summed E-state index contributed by atoms with van der Waals surface area (Å²) < 4.78 is 5.50. The molecule has 1 unspecified atom stereocenters. The Morgan fingerprint density at radius 3 is 2.41 bits per heavy atom. The summed E-state index contributed by atoms with van der Waals surface area (Å²) in [5.41, 5.74) is 2.25. The van der Waals surface area contributed by atoms with E-state index in [-0.39, 0.29) is 17.8 Å². The number of halogens is 1. The second-order valence-electron chi connectivity index (χ2n) is 6.09. The van der Waals surface area contributed by atoms with Gasteiger partial charge in [-0.05, 0) is 45.4 Å². The van der Waals surface area contributed by atoms with Gasteiger partial charge in [-0.3, -0.25) is 0 Å². The second kappa shape index (κ2) is 7.75. The molecule has 0 saturated heterocycles. The van der Waals surface area contributed by atoms with Crippen LogP contribution in [0.25, 0.3) is 0 Å². The maximum Gasteiger partial charge on any atom is 0.236 e. The highest BCUT2D eigenvalue weighted by molar-refractivity contribution is 5.85. The average molecular weight is 324 g/mol. The third-order valence-corrected chi connectivity index (χ3v) is 4.07. The predicted molar refractivity (Wildman–Crippen MR) is 91.7 cm³/mol. The molecule has 1 aromatic carbocycles. The minimum atomic E-state index is -0.277. The van der Waals surface area contributed by atoms with Gasteiger partial charge in [-0.1, -0.05) is 36.3 Å². The number of hydrogen-bond acceptors (Lipinski definition) is 4. The first-order valence-electron chi connectivity index (χ1n) is 7.57. The minimum absolute atomic E-state index is 0. The molecule has 0 amide bonds. The summed E-state index contributed by atoms with van der Waals surface area (Å²) in [6.45, 7) is 8.50. The van der Waals surface area contributed by atoms with Crippen molar-refractivity contribution < 1.29 is 4.52 Å². The molecule has 1 N–H and O–H groups in total. The molecule has 4 nitrogen and oxygen atoms in total. The third-order valence-electron chi connectivity index (χ3n) is 4.07. The van der Waals surface area contributed by atoms with Gasteiger partial charge in [-0.2, -0.15) is 4.98 Å². The second-order valence-corrected chi connectivity index (χ2v) is 6.09. The first kappa shape index (κ1) is 18.7. The lowest BCUT2D eigenvalue weighted by molar-refractivity contribution is 0.329. The number of hydrogen-bond donors (Lipinski definition) is 1. The van der Waals surface area contributed by atoms with Crippen molar-refractivity contribution in [3.05, 3.63) is 47.1 Å². The van der Waals surface area contributed by atoms with Gasteiger partial charge in [-0.15, -0.1) is 12.4 Å². The smallest absolute Gasteiger partial charge is 0.236 e. The van der Waals surface area contributed by atoms with Gasteiger partial charge in [0.05, 0.1) is 5.41 Å². The number of benzene rings is 1. The van der Waals surface area contributed by atoms with Crippen LogP contribution >= 0.6 is 12.4 Å². The summed E-state index contributed by atoms with van der Waals surface area (Å²) in [5, 5.41) is 7.29. The molecule has 22 heavy (non-hydrogen) atoms. The van der Waals surface area contributed by atoms with Crippen LogP contribution in [-0.4, -0.2) is 23.2 Å². The minimum Gasteiger partial charge on any atom is -0.338 e. The van der Waals surface area contributed by atoms with E-state index in [1.165, 1.54) is 11.1 Å². The Labute approximate surface area is 139 Å². The van der Waals surface area contributed by atoms with E-state index in [1.807, 2.05) is 7.05 Å². The maximum atomic E-state index is 5.50. The monoisotopic (exact) mass is 323 g/mol. The van der Waals surface area contributed by atoms with Gasteiger partial charge in [-0.25, -0.2) is 0 Å². The predicted octanol–water partition coefficient (Wildman–Crippen LogP) is 3.53. The van der Waals surface area contributed by atoms with Crippen molar-refractivity contribution in [1.82, 2.24) is 15.5 Å². The Morgan fingerprint density at radius 2 is 1.86 bits per heavy atom. The molecule has 5 heteroatoms. The van der Waals surface area contributed by atoms with E-state index < -0.39 is 0 Å². The van der Waals surface area contributed by atoms with Gasteiger partial charge in [0.15, 0.2) is 5.82 Å². The standard InChI is InChI=1S/C17H25N3O.ClH/c1-6-13-7-9-14(10-8-13)17(3,4)16-19-15(20-21-16)11-12(2)18-5;/h7-10,12,18H,6,11H2,1-5H3;1H. The van der Waals surface area contributed by atoms with Crippen LogP contribution in [-0.2, 0) is 18.3 Å². The van der Waals surface area contributed by atoms with Crippen LogP contribution in [0.1, 0.15) is 50.5 Å². The normalized spacial score (nSPS) is 12.8. The zero-order valence-corrected chi connectivity index (χ0v) is 14.8. The summed E-state index contributed by atoms with van der Waals surface area (Å²) in [6.07, 6.45) is 1.82. The maximum absolute atomic E-state index is 5.50.